The Morgan fingerprint density at radius 1 is 0.268 bits per heavy atom. The van der Waals surface area contributed by atoms with Crippen LogP contribution in [0.3, 0.4) is 0 Å². The van der Waals surface area contributed by atoms with Crippen LogP contribution in [0.5, 0.6) is 0 Å². The molecule has 0 saturated heterocycles. The van der Waals surface area contributed by atoms with Crippen molar-refractivity contribution in [2.75, 3.05) is 4.90 Å². The molecule has 1 heteroatoms. The van der Waals surface area contributed by atoms with Crippen molar-refractivity contribution >= 4 is 17.1 Å². The Labute approximate surface area is 417 Å². The highest BCUT2D eigenvalue weighted by Crippen LogP contribution is 2.60. The van der Waals surface area contributed by atoms with Gasteiger partial charge in [0.1, 0.15) is 0 Å². The number of anilines is 3. The number of hydrogen-bond donors (Lipinski definition) is 0. The van der Waals surface area contributed by atoms with Gasteiger partial charge < -0.3 is 4.90 Å². The second-order valence-electron chi connectivity index (χ2n) is 19.6. The molecule has 1 nitrogen and oxygen atoms in total. The first-order chi connectivity index (χ1) is 35.0. The van der Waals surface area contributed by atoms with E-state index in [0.717, 1.165) is 17.1 Å². The van der Waals surface area contributed by atoms with Crippen LogP contribution in [0, 0.1) is 0 Å². The summed E-state index contributed by atoms with van der Waals surface area (Å²) in [5.74, 6) is 0. The van der Waals surface area contributed by atoms with Gasteiger partial charge in [-0.05, 0) is 131 Å². The summed E-state index contributed by atoms with van der Waals surface area (Å²) in [6.45, 7) is 4.80. The van der Waals surface area contributed by atoms with Crippen LogP contribution in [0.15, 0.2) is 273 Å². The first-order valence-corrected chi connectivity index (χ1v) is 24.8. The molecule has 0 amide bonds. The zero-order valence-corrected chi connectivity index (χ0v) is 39.9. The predicted molar refractivity (Wildman–Crippen MR) is 298 cm³/mol. The van der Waals surface area contributed by atoms with Crippen molar-refractivity contribution in [3.8, 4) is 66.8 Å². The molecule has 71 heavy (non-hydrogen) atoms. The lowest BCUT2D eigenvalue weighted by atomic mass is 9.68. The molecule has 13 rings (SSSR count). The molecule has 336 valence electrons. The van der Waals surface area contributed by atoms with Crippen LogP contribution in [0.25, 0.3) is 66.8 Å². The van der Waals surface area contributed by atoms with Gasteiger partial charge in [0, 0.05) is 22.4 Å². The van der Waals surface area contributed by atoms with Crippen molar-refractivity contribution < 1.29 is 0 Å². The van der Waals surface area contributed by atoms with Crippen LogP contribution in [0.1, 0.15) is 47.2 Å². The van der Waals surface area contributed by atoms with Gasteiger partial charge in [0.2, 0.25) is 0 Å². The van der Waals surface area contributed by atoms with Crippen LogP contribution in [0.4, 0.5) is 17.1 Å². The third-order valence-corrected chi connectivity index (χ3v) is 15.4. The standard InChI is InChI=1S/C70H51N/c1-69(2)65-46-55(54-36-34-51(35-37-54)49-20-9-4-10-21-49)40-44-60(65)61-45-43-59(47-66(61)69)71(58-41-38-53(39-42-58)52-32-30-50(31-33-52)48-18-7-3-8-19-48)67-29-17-28-64-68(67)62-26-15-16-27-63(62)70(64,56-22-11-5-12-23-56)57-24-13-6-14-25-57/h3-47H,1-2H3. The van der Waals surface area contributed by atoms with Gasteiger partial charge >= 0.3 is 0 Å². The smallest absolute Gasteiger partial charge is 0.0714 e. The lowest BCUT2D eigenvalue weighted by Gasteiger charge is -2.34. The van der Waals surface area contributed by atoms with E-state index in [4.69, 9.17) is 0 Å². The molecule has 0 heterocycles. The van der Waals surface area contributed by atoms with Gasteiger partial charge in [0.25, 0.3) is 0 Å². The molecular weight excluding hydrogens is 855 g/mol. The Morgan fingerprint density at radius 3 is 1.21 bits per heavy atom. The van der Waals surface area contributed by atoms with Gasteiger partial charge in [-0.1, -0.05) is 250 Å². The molecule has 0 bridgehead atoms. The first kappa shape index (κ1) is 42.3. The fourth-order valence-corrected chi connectivity index (χ4v) is 11.9. The molecule has 0 N–H and O–H groups in total. The van der Waals surface area contributed by atoms with Crippen LogP contribution in [-0.4, -0.2) is 0 Å². The maximum absolute atomic E-state index is 2.52. The summed E-state index contributed by atoms with van der Waals surface area (Å²) in [6.07, 6.45) is 0. The number of hydrogen-bond acceptors (Lipinski definition) is 1. The van der Waals surface area contributed by atoms with Crippen LogP contribution in [0.2, 0.25) is 0 Å². The molecule has 2 aliphatic carbocycles. The zero-order valence-electron chi connectivity index (χ0n) is 39.9. The lowest BCUT2D eigenvalue weighted by molar-refractivity contribution is 0.660. The molecule has 11 aromatic carbocycles. The average Bonchev–Trinajstić information content (AvgIpc) is 3.88. The van der Waals surface area contributed by atoms with Gasteiger partial charge in [-0.25, -0.2) is 0 Å². The first-order valence-electron chi connectivity index (χ1n) is 24.8. The second kappa shape index (κ2) is 17.0. The van der Waals surface area contributed by atoms with E-state index in [2.05, 4.69) is 292 Å². The highest BCUT2D eigenvalue weighted by atomic mass is 15.1. The number of rotatable bonds is 9. The molecule has 0 radical (unpaired) electrons. The van der Waals surface area contributed by atoms with E-state index in [-0.39, 0.29) is 5.41 Å². The normalized spacial score (nSPS) is 13.4. The van der Waals surface area contributed by atoms with E-state index in [9.17, 15) is 0 Å². The van der Waals surface area contributed by atoms with Crippen molar-refractivity contribution in [3.63, 3.8) is 0 Å². The van der Waals surface area contributed by atoms with E-state index in [1.165, 1.54) is 100 Å². The largest absolute Gasteiger partial charge is 0.310 e. The summed E-state index contributed by atoms with van der Waals surface area (Å²) in [7, 11) is 0. The summed E-state index contributed by atoms with van der Waals surface area (Å²) < 4.78 is 0. The SMILES string of the molecule is CC1(C)c2cc(-c3ccc(-c4ccccc4)cc3)ccc2-c2ccc(N(c3ccc(-c4ccc(-c5ccccc5)cc4)cc3)c3cccc4c3-c3ccccc3C4(c3ccccc3)c3ccccc3)cc21. The van der Waals surface area contributed by atoms with Crippen LogP contribution >= 0.6 is 0 Å². The van der Waals surface area contributed by atoms with Gasteiger partial charge in [-0.3, -0.25) is 0 Å². The van der Waals surface area contributed by atoms with E-state index in [1.54, 1.807) is 0 Å². The monoisotopic (exact) mass is 905 g/mol. The minimum Gasteiger partial charge on any atom is -0.310 e. The summed E-state index contributed by atoms with van der Waals surface area (Å²) in [5, 5.41) is 0. The van der Waals surface area contributed by atoms with Gasteiger partial charge in [-0.2, -0.15) is 0 Å². The summed E-state index contributed by atoms with van der Waals surface area (Å²) >= 11 is 0. The summed E-state index contributed by atoms with van der Waals surface area (Å²) in [4.78, 5) is 2.52. The number of nitrogens with zero attached hydrogens (tertiary/aromatic N) is 1. The molecule has 0 unspecified atom stereocenters. The maximum Gasteiger partial charge on any atom is 0.0714 e. The summed E-state index contributed by atoms with van der Waals surface area (Å²) in [6, 6.07) is 101. The van der Waals surface area contributed by atoms with E-state index < -0.39 is 5.41 Å². The topological polar surface area (TPSA) is 3.24 Å². The maximum atomic E-state index is 2.52. The minimum atomic E-state index is -0.521. The van der Waals surface area contributed by atoms with Gasteiger partial charge in [-0.15, -0.1) is 0 Å². The highest BCUT2D eigenvalue weighted by molar-refractivity contribution is 5.98. The van der Waals surface area contributed by atoms with Crippen molar-refractivity contribution in [2.24, 2.45) is 0 Å². The van der Waals surface area contributed by atoms with Gasteiger partial charge in [0.15, 0.2) is 0 Å². The predicted octanol–water partition coefficient (Wildman–Crippen LogP) is 18.5. The summed E-state index contributed by atoms with van der Waals surface area (Å²) in [5.41, 5.74) is 25.2. The minimum absolute atomic E-state index is 0.247. The Balaban J connectivity index is 0.959. The van der Waals surface area contributed by atoms with Crippen LogP contribution in [-0.2, 0) is 10.8 Å². The Bertz CT molecular complexity index is 3680. The molecule has 0 saturated carbocycles. The quantitative estimate of drug-likeness (QED) is 0.139. The molecule has 0 fully saturated rings. The molecule has 2 aliphatic rings. The lowest BCUT2D eigenvalue weighted by Crippen LogP contribution is -2.28. The molecule has 0 aromatic heterocycles. The number of benzene rings is 11. The second-order valence-corrected chi connectivity index (χ2v) is 19.6. The van der Waals surface area contributed by atoms with Crippen molar-refractivity contribution in [1.82, 2.24) is 0 Å². The van der Waals surface area contributed by atoms with Crippen LogP contribution < -0.4 is 4.90 Å². The highest BCUT2D eigenvalue weighted by Gasteiger charge is 2.47. The average molecular weight is 906 g/mol. The molecular formula is C70H51N. The van der Waals surface area contributed by atoms with Crippen molar-refractivity contribution in [3.05, 3.63) is 306 Å². The fraction of sp³-hybridized carbons (Fsp3) is 0.0571. The van der Waals surface area contributed by atoms with Gasteiger partial charge in [0.05, 0.1) is 11.1 Å². The molecule has 11 aromatic rings. The molecule has 0 aliphatic heterocycles. The Morgan fingerprint density at radius 2 is 0.662 bits per heavy atom. The van der Waals surface area contributed by atoms with E-state index in [1.807, 2.05) is 0 Å². The third kappa shape index (κ3) is 6.91. The molecule has 0 spiro atoms. The van der Waals surface area contributed by atoms with Crippen molar-refractivity contribution in [2.45, 2.75) is 24.7 Å². The zero-order chi connectivity index (χ0) is 47.5. The fourth-order valence-electron chi connectivity index (χ4n) is 11.9. The van der Waals surface area contributed by atoms with E-state index >= 15 is 0 Å². The van der Waals surface area contributed by atoms with Crippen molar-refractivity contribution in [1.29, 1.82) is 0 Å². The Hall–Kier alpha value is -8.78. The van der Waals surface area contributed by atoms with E-state index in [0.29, 0.717) is 0 Å². The third-order valence-electron chi connectivity index (χ3n) is 15.4. The Kier molecular flexibility index (Phi) is 10.1. The number of fused-ring (bicyclic) bond motifs is 6. The molecule has 0 atom stereocenters.